The number of hydrogen-bond acceptors (Lipinski definition) is 3. The highest BCUT2D eigenvalue weighted by Crippen LogP contribution is 2.25. The third-order valence-electron chi connectivity index (χ3n) is 5.79. The van der Waals surface area contributed by atoms with Crippen LogP contribution in [0.2, 0.25) is 0 Å². The van der Waals surface area contributed by atoms with E-state index in [1.807, 2.05) is 105 Å². The third-order valence-corrected chi connectivity index (χ3v) is 5.79. The van der Waals surface area contributed by atoms with E-state index >= 15 is 0 Å². The molecule has 180 valence electrons. The van der Waals surface area contributed by atoms with Gasteiger partial charge in [0.1, 0.15) is 6.04 Å². The smallest absolute Gasteiger partial charge is 0.243 e. The van der Waals surface area contributed by atoms with Gasteiger partial charge >= 0.3 is 0 Å². The summed E-state index contributed by atoms with van der Waals surface area (Å²) in [6, 6.07) is 28.4. The maximum absolute atomic E-state index is 13.5. The van der Waals surface area contributed by atoms with Gasteiger partial charge in [-0.1, -0.05) is 91.0 Å². The summed E-state index contributed by atoms with van der Waals surface area (Å²) in [5, 5.41) is 6.13. The number of halogens is 1. The van der Waals surface area contributed by atoms with Crippen molar-refractivity contribution in [1.82, 2.24) is 10.6 Å². The molecule has 0 saturated heterocycles. The van der Waals surface area contributed by atoms with Gasteiger partial charge in [-0.25, -0.2) is 0 Å². The van der Waals surface area contributed by atoms with Crippen LogP contribution in [0, 0.1) is 0 Å². The molecule has 34 heavy (non-hydrogen) atoms. The molecule has 0 spiro atoms. The number of carbonyl (C=O) groups excluding carboxylic acids is 2. The molecule has 5 nitrogen and oxygen atoms in total. The van der Waals surface area contributed by atoms with Crippen LogP contribution in [0.5, 0.6) is 0 Å². The van der Waals surface area contributed by atoms with E-state index in [0.717, 1.165) is 16.7 Å². The molecule has 0 aliphatic heterocycles. The lowest BCUT2D eigenvalue weighted by Crippen LogP contribution is -2.53. The molecule has 4 N–H and O–H groups in total. The average Bonchev–Trinajstić information content (AvgIpc) is 2.83. The molecule has 3 rings (SSSR count). The molecule has 3 aromatic carbocycles. The number of hydrogen-bond donors (Lipinski definition) is 3. The van der Waals surface area contributed by atoms with Gasteiger partial charge in [-0.3, -0.25) is 9.59 Å². The largest absolute Gasteiger partial charge is 0.345 e. The molecule has 2 amide bonds. The summed E-state index contributed by atoms with van der Waals surface area (Å²) < 4.78 is 0. The zero-order valence-corrected chi connectivity index (χ0v) is 20.6. The Hall–Kier alpha value is -3.15. The molecular formula is C28H34ClN3O2. The van der Waals surface area contributed by atoms with E-state index in [1.165, 1.54) is 0 Å². The molecule has 0 bridgehead atoms. The number of amides is 2. The van der Waals surface area contributed by atoms with Gasteiger partial charge in [-0.2, -0.15) is 0 Å². The molecule has 0 aliphatic carbocycles. The van der Waals surface area contributed by atoms with Crippen molar-refractivity contribution in [3.63, 3.8) is 0 Å². The average molecular weight is 480 g/mol. The second-order valence-corrected chi connectivity index (χ2v) is 8.73. The van der Waals surface area contributed by atoms with Gasteiger partial charge < -0.3 is 16.4 Å². The van der Waals surface area contributed by atoms with Crippen LogP contribution in [0.3, 0.4) is 0 Å². The maximum atomic E-state index is 13.5. The molecule has 0 aromatic heterocycles. The molecule has 0 aliphatic rings. The number of nitrogens with two attached hydrogens (primary N) is 1. The van der Waals surface area contributed by atoms with Crippen molar-refractivity contribution in [2.24, 2.45) is 5.73 Å². The van der Waals surface area contributed by atoms with E-state index in [9.17, 15) is 9.59 Å². The van der Waals surface area contributed by atoms with E-state index in [2.05, 4.69) is 10.6 Å². The van der Waals surface area contributed by atoms with Crippen LogP contribution in [-0.4, -0.2) is 24.4 Å². The van der Waals surface area contributed by atoms with E-state index in [-0.39, 0.29) is 24.2 Å². The highest BCUT2D eigenvalue weighted by atomic mass is 35.5. The summed E-state index contributed by atoms with van der Waals surface area (Å²) in [6.07, 6.45) is 1.10. The Bertz CT molecular complexity index is 988. The van der Waals surface area contributed by atoms with Crippen LogP contribution in [0.1, 0.15) is 49.3 Å². The minimum absolute atomic E-state index is 0. The Morgan fingerprint density at radius 1 is 0.794 bits per heavy atom. The van der Waals surface area contributed by atoms with E-state index in [4.69, 9.17) is 5.73 Å². The Kier molecular flexibility index (Phi) is 10.3. The number of carbonyl (C=O) groups is 2. The van der Waals surface area contributed by atoms with Gasteiger partial charge in [-0.05, 0) is 49.9 Å². The summed E-state index contributed by atoms with van der Waals surface area (Å²) in [6.45, 7) is 4.36. The Labute approximate surface area is 208 Å². The predicted octanol–water partition coefficient (Wildman–Crippen LogP) is 4.52. The van der Waals surface area contributed by atoms with Crippen LogP contribution in [0.4, 0.5) is 0 Å². The summed E-state index contributed by atoms with van der Waals surface area (Å²) >= 11 is 0. The van der Waals surface area contributed by atoms with Crippen molar-refractivity contribution in [1.29, 1.82) is 0 Å². The molecule has 0 fully saturated rings. The fourth-order valence-electron chi connectivity index (χ4n) is 3.95. The van der Waals surface area contributed by atoms with E-state index < -0.39 is 17.5 Å². The van der Waals surface area contributed by atoms with Crippen molar-refractivity contribution in [2.45, 2.75) is 44.2 Å². The van der Waals surface area contributed by atoms with Gasteiger partial charge in [0, 0.05) is 0 Å². The first kappa shape index (κ1) is 27.1. The van der Waals surface area contributed by atoms with Crippen LogP contribution in [-0.2, 0) is 15.1 Å². The lowest BCUT2D eigenvalue weighted by atomic mass is 9.90. The molecule has 3 aromatic rings. The normalized spacial score (nSPS) is 11.9. The fourth-order valence-corrected chi connectivity index (χ4v) is 3.95. The van der Waals surface area contributed by atoms with Gasteiger partial charge in [0.2, 0.25) is 11.8 Å². The van der Waals surface area contributed by atoms with Crippen molar-refractivity contribution in [2.75, 3.05) is 6.54 Å². The summed E-state index contributed by atoms with van der Waals surface area (Å²) in [5.74, 6) is -0.935. The zero-order valence-electron chi connectivity index (χ0n) is 19.7. The van der Waals surface area contributed by atoms with Gasteiger partial charge in [0.05, 0.1) is 11.5 Å². The second kappa shape index (κ2) is 12.9. The van der Waals surface area contributed by atoms with Gasteiger partial charge in [0.15, 0.2) is 0 Å². The molecular weight excluding hydrogens is 446 g/mol. The van der Waals surface area contributed by atoms with Crippen LogP contribution >= 0.6 is 12.4 Å². The Balaban J connectivity index is 0.00000408. The minimum Gasteiger partial charge on any atom is -0.345 e. The van der Waals surface area contributed by atoms with Crippen molar-refractivity contribution >= 4 is 24.2 Å². The predicted molar refractivity (Wildman–Crippen MR) is 140 cm³/mol. The SMILES string of the molecule is CC(C)(NC(=O)[C@@H](CCCN)NC(=O)C(c1ccccc1)c1ccccc1)c1ccccc1.Cl. The van der Waals surface area contributed by atoms with Gasteiger partial charge in [-0.15, -0.1) is 12.4 Å². The fraction of sp³-hybridized carbons (Fsp3) is 0.286. The van der Waals surface area contributed by atoms with Crippen molar-refractivity contribution < 1.29 is 9.59 Å². The standard InChI is InChI=1S/C28H33N3O2.ClH/c1-28(2,23-17-10-5-11-18-23)31-26(32)24(19-12-20-29)30-27(33)25(21-13-6-3-7-14-21)22-15-8-4-9-16-22;/h3-11,13-18,24-25H,12,19-20,29H2,1-2H3,(H,30,33)(H,31,32);1H/t24-;/m1./s1. The zero-order chi connectivity index (χ0) is 23.7. The topological polar surface area (TPSA) is 84.2 Å². The lowest BCUT2D eigenvalue weighted by molar-refractivity contribution is -0.130. The second-order valence-electron chi connectivity index (χ2n) is 8.73. The first-order valence-corrected chi connectivity index (χ1v) is 11.4. The molecule has 6 heteroatoms. The summed E-state index contributed by atoms with van der Waals surface area (Å²) in [5.41, 5.74) is 7.89. The third kappa shape index (κ3) is 7.17. The van der Waals surface area contributed by atoms with E-state index in [0.29, 0.717) is 19.4 Å². The molecule has 0 saturated carbocycles. The first-order valence-electron chi connectivity index (χ1n) is 11.4. The quantitative estimate of drug-likeness (QED) is 0.400. The molecule has 0 heterocycles. The van der Waals surface area contributed by atoms with Crippen LogP contribution in [0.15, 0.2) is 91.0 Å². The first-order chi connectivity index (χ1) is 15.9. The molecule has 0 radical (unpaired) electrons. The lowest BCUT2D eigenvalue weighted by Gasteiger charge is -2.30. The van der Waals surface area contributed by atoms with Crippen LogP contribution < -0.4 is 16.4 Å². The van der Waals surface area contributed by atoms with E-state index in [1.54, 1.807) is 0 Å². The van der Waals surface area contributed by atoms with Crippen molar-refractivity contribution in [3.8, 4) is 0 Å². The maximum Gasteiger partial charge on any atom is 0.243 e. The Morgan fingerprint density at radius 2 is 1.26 bits per heavy atom. The highest BCUT2D eigenvalue weighted by molar-refractivity contribution is 5.92. The minimum atomic E-state index is -0.682. The highest BCUT2D eigenvalue weighted by Gasteiger charge is 2.31. The monoisotopic (exact) mass is 479 g/mol. The van der Waals surface area contributed by atoms with Crippen LogP contribution in [0.25, 0.3) is 0 Å². The summed E-state index contributed by atoms with van der Waals surface area (Å²) in [7, 11) is 0. The number of rotatable bonds is 10. The van der Waals surface area contributed by atoms with Gasteiger partial charge in [0.25, 0.3) is 0 Å². The molecule has 1 atom stereocenters. The summed E-state index contributed by atoms with van der Waals surface area (Å²) in [4.78, 5) is 26.8. The number of benzene rings is 3. The number of nitrogens with one attached hydrogen (secondary N) is 2. The molecule has 0 unspecified atom stereocenters. The van der Waals surface area contributed by atoms with Crippen molar-refractivity contribution in [3.05, 3.63) is 108 Å². The Morgan fingerprint density at radius 3 is 1.74 bits per heavy atom.